The minimum atomic E-state index is -0.0910. The number of hydrogen-bond donors (Lipinski definition) is 1. The molecule has 0 aliphatic heterocycles. The maximum atomic E-state index is 6.01. The van der Waals surface area contributed by atoms with Gasteiger partial charge in [0.2, 0.25) is 0 Å². The van der Waals surface area contributed by atoms with Gasteiger partial charge in [-0.3, -0.25) is 4.98 Å². The molecule has 0 fully saturated rings. The van der Waals surface area contributed by atoms with E-state index in [-0.39, 0.29) is 6.04 Å². The van der Waals surface area contributed by atoms with E-state index < -0.39 is 0 Å². The fourth-order valence-electron chi connectivity index (χ4n) is 2.21. The molecular formula is C17H15BrN2O. The highest BCUT2D eigenvalue weighted by molar-refractivity contribution is 9.10. The van der Waals surface area contributed by atoms with Crippen molar-refractivity contribution in [3.8, 4) is 11.5 Å². The minimum absolute atomic E-state index is 0.0910. The highest BCUT2D eigenvalue weighted by atomic mass is 79.9. The summed E-state index contributed by atoms with van der Waals surface area (Å²) in [4.78, 5) is 4.34. The molecule has 2 N–H and O–H groups in total. The SMILES string of the molecule is CC(N)c1ccc(Br)cc1Oc1ccc2cccnc2c1. The number of aromatic nitrogens is 1. The van der Waals surface area contributed by atoms with Gasteiger partial charge in [-0.15, -0.1) is 0 Å². The largest absolute Gasteiger partial charge is 0.457 e. The molecule has 4 heteroatoms. The topological polar surface area (TPSA) is 48.1 Å². The van der Waals surface area contributed by atoms with E-state index >= 15 is 0 Å². The summed E-state index contributed by atoms with van der Waals surface area (Å²) in [5, 5.41) is 1.09. The molecule has 0 bridgehead atoms. The van der Waals surface area contributed by atoms with Crippen LogP contribution in [0.3, 0.4) is 0 Å². The van der Waals surface area contributed by atoms with Crippen molar-refractivity contribution in [1.82, 2.24) is 4.98 Å². The predicted molar refractivity (Wildman–Crippen MR) is 88.6 cm³/mol. The molecule has 21 heavy (non-hydrogen) atoms. The van der Waals surface area contributed by atoms with E-state index in [2.05, 4.69) is 20.9 Å². The lowest BCUT2D eigenvalue weighted by Gasteiger charge is -2.14. The first-order valence-electron chi connectivity index (χ1n) is 6.71. The molecule has 3 rings (SSSR count). The maximum absolute atomic E-state index is 6.01. The van der Waals surface area contributed by atoms with Gasteiger partial charge in [0.05, 0.1) is 5.52 Å². The van der Waals surface area contributed by atoms with E-state index in [4.69, 9.17) is 10.5 Å². The summed E-state index contributed by atoms with van der Waals surface area (Å²) in [5.41, 5.74) is 7.88. The van der Waals surface area contributed by atoms with Gasteiger partial charge in [-0.25, -0.2) is 0 Å². The van der Waals surface area contributed by atoms with Crippen molar-refractivity contribution in [2.45, 2.75) is 13.0 Å². The van der Waals surface area contributed by atoms with Crippen LogP contribution in [0.5, 0.6) is 11.5 Å². The lowest BCUT2D eigenvalue weighted by molar-refractivity contribution is 0.472. The van der Waals surface area contributed by atoms with Crippen molar-refractivity contribution in [2.24, 2.45) is 5.73 Å². The monoisotopic (exact) mass is 342 g/mol. The highest BCUT2D eigenvalue weighted by Gasteiger charge is 2.10. The molecular weight excluding hydrogens is 328 g/mol. The normalized spacial score (nSPS) is 12.3. The molecule has 0 amide bonds. The second kappa shape index (κ2) is 5.84. The first kappa shape index (κ1) is 14.0. The van der Waals surface area contributed by atoms with Crippen LogP contribution in [-0.4, -0.2) is 4.98 Å². The molecule has 0 aliphatic carbocycles. The Kier molecular flexibility index (Phi) is 3.90. The van der Waals surface area contributed by atoms with Gasteiger partial charge in [-0.2, -0.15) is 0 Å². The molecule has 1 heterocycles. The fourth-order valence-corrected chi connectivity index (χ4v) is 2.55. The lowest BCUT2D eigenvalue weighted by atomic mass is 10.1. The van der Waals surface area contributed by atoms with Crippen LogP contribution >= 0.6 is 15.9 Å². The van der Waals surface area contributed by atoms with Crippen molar-refractivity contribution in [2.75, 3.05) is 0 Å². The van der Waals surface area contributed by atoms with Gasteiger partial charge in [0.15, 0.2) is 0 Å². The van der Waals surface area contributed by atoms with Crippen LogP contribution in [0.2, 0.25) is 0 Å². The summed E-state index contributed by atoms with van der Waals surface area (Å²) < 4.78 is 6.97. The lowest BCUT2D eigenvalue weighted by Crippen LogP contribution is -2.06. The first-order chi connectivity index (χ1) is 10.1. The zero-order valence-corrected chi connectivity index (χ0v) is 13.2. The van der Waals surface area contributed by atoms with Crippen LogP contribution in [-0.2, 0) is 0 Å². The van der Waals surface area contributed by atoms with Crippen LogP contribution in [0.1, 0.15) is 18.5 Å². The molecule has 2 aromatic carbocycles. The molecule has 106 valence electrons. The Labute approximate surface area is 131 Å². The second-order valence-electron chi connectivity index (χ2n) is 4.93. The van der Waals surface area contributed by atoms with Gasteiger partial charge in [0.1, 0.15) is 11.5 Å². The number of ether oxygens (including phenoxy) is 1. The summed E-state index contributed by atoms with van der Waals surface area (Å²) in [5.74, 6) is 1.51. The molecule has 1 aromatic heterocycles. The third-order valence-electron chi connectivity index (χ3n) is 3.27. The van der Waals surface area contributed by atoms with Crippen molar-refractivity contribution >= 4 is 26.8 Å². The van der Waals surface area contributed by atoms with Crippen molar-refractivity contribution in [3.63, 3.8) is 0 Å². The van der Waals surface area contributed by atoms with Crippen LogP contribution in [0.25, 0.3) is 10.9 Å². The van der Waals surface area contributed by atoms with E-state index in [9.17, 15) is 0 Å². The Morgan fingerprint density at radius 1 is 1.14 bits per heavy atom. The van der Waals surface area contributed by atoms with E-state index in [0.717, 1.165) is 32.4 Å². The van der Waals surface area contributed by atoms with Gasteiger partial charge in [0.25, 0.3) is 0 Å². The maximum Gasteiger partial charge on any atom is 0.133 e. The molecule has 0 aliphatic rings. The van der Waals surface area contributed by atoms with E-state index in [0.29, 0.717) is 0 Å². The van der Waals surface area contributed by atoms with Crippen LogP contribution < -0.4 is 10.5 Å². The molecule has 0 spiro atoms. The molecule has 0 saturated carbocycles. The van der Waals surface area contributed by atoms with Crippen molar-refractivity contribution in [1.29, 1.82) is 0 Å². The Balaban J connectivity index is 2.00. The number of nitrogens with two attached hydrogens (primary N) is 1. The molecule has 0 radical (unpaired) electrons. The van der Waals surface area contributed by atoms with Gasteiger partial charge in [-0.05, 0) is 37.3 Å². The van der Waals surface area contributed by atoms with Crippen molar-refractivity contribution in [3.05, 3.63) is 64.8 Å². The summed E-state index contributed by atoms with van der Waals surface area (Å²) in [6, 6.07) is 15.6. The smallest absolute Gasteiger partial charge is 0.133 e. The summed E-state index contributed by atoms with van der Waals surface area (Å²) in [7, 11) is 0. The van der Waals surface area contributed by atoms with Gasteiger partial charge < -0.3 is 10.5 Å². The number of hydrogen-bond acceptors (Lipinski definition) is 3. The highest BCUT2D eigenvalue weighted by Crippen LogP contribution is 2.32. The third kappa shape index (κ3) is 3.06. The Morgan fingerprint density at radius 2 is 2.00 bits per heavy atom. The van der Waals surface area contributed by atoms with Gasteiger partial charge in [-0.1, -0.05) is 28.1 Å². The quantitative estimate of drug-likeness (QED) is 0.742. The second-order valence-corrected chi connectivity index (χ2v) is 5.85. The Bertz CT molecular complexity index is 787. The summed E-state index contributed by atoms with van der Waals surface area (Å²) >= 11 is 3.47. The standard InChI is InChI=1S/C17H15BrN2O/c1-11(19)15-7-5-13(18)9-17(15)21-14-6-4-12-3-2-8-20-16(12)10-14/h2-11H,19H2,1H3. The molecule has 1 atom stereocenters. The van der Waals surface area contributed by atoms with E-state index in [1.54, 1.807) is 6.20 Å². The molecule has 3 aromatic rings. The molecule has 3 nitrogen and oxygen atoms in total. The number of benzene rings is 2. The number of halogens is 1. The average molecular weight is 343 g/mol. The molecule has 1 unspecified atom stereocenters. The van der Waals surface area contributed by atoms with Crippen LogP contribution in [0.4, 0.5) is 0 Å². The third-order valence-corrected chi connectivity index (χ3v) is 3.76. The van der Waals surface area contributed by atoms with Crippen molar-refractivity contribution < 1.29 is 4.74 Å². The Hall–Kier alpha value is -1.91. The van der Waals surface area contributed by atoms with E-state index in [1.807, 2.05) is 55.5 Å². The number of pyridine rings is 1. The van der Waals surface area contributed by atoms with Crippen LogP contribution in [0, 0.1) is 0 Å². The fraction of sp³-hybridized carbons (Fsp3) is 0.118. The Morgan fingerprint density at radius 3 is 2.81 bits per heavy atom. The van der Waals surface area contributed by atoms with E-state index in [1.165, 1.54) is 0 Å². The summed E-state index contributed by atoms with van der Waals surface area (Å²) in [6.07, 6.45) is 1.78. The zero-order chi connectivity index (χ0) is 14.8. The van der Waals surface area contributed by atoms with Gasteiger partial charge in [0, 0.05) is 33.7 Å². The number of nitrogens with zero attached hydrogens (tertiary/aromatic N) is 1. The molecule has 0 saturated heterocycles. The first-order valence-corrected chi connectivity index (χ1v) is 7.50. The zero-order valence-electron chi connectivity index (χ0n) is 11.6. The average Bonchev–Trinajstić information content (AvgIpc) is 2.47. The minimum Gasteiger partial charge on any atom is -0.457 e. The van der Waals surface area contributed by atoms with Gasteiger partial charge >= 0.3 is 0 Å². The predicted octanol–water partition coefficient (Wildman–Crippen LogP) is 4.81. The summed E-state index contributed by atoms with van der Waals surface area (Å²) in [6.45, 7) is 1.94. The van der Waals surface area contributed by atoms with Crippen LogP contribution in [0.15, 0.2) is 59.2 Å². The number of fused-ring (bicyclic) bond motifs is 1. The number of rotatable bonds is 3.